The summed E-state index contributed by atoms with van der Waals surface area (Å²) in [5.41, 5.74) is 1.96. The highest BCUT2D eigenvalue weighted by molar-refractivity contribution is 6.01. The summed E-state index contributed by atoms with van der Waals surface area (Å²) >= 11 is 0. The zero-order valence-electron chi connectivity index (χ0n) is 11.1. The summed E-state index contributed by atoms with van der Waals surface area (Å²) in [4.78, 5) is 19.4. The number of carbonyl (C=O) groups excluding carboxylic acids is 1. The van der Waals surface area contributed by atoms with E-state index in [2.05, 4.69) is 9.97 Å². The average Bonchev–Trinajstić information content (AvgIpc) is 3.12. The molecular formula is C15H14N2O3. The Kier molecular flexibility index (Phi) is 3.25. The Morgan fingerprint density at radius 3 is 2.95 bits per heavy atom. The molecule has 0 aliphatic heterocycles. The number of esters is 1. The number of imidazole rings is 1. The fourth-order valence-electron chi connectivity index (χ4n) is 2.17. The molecule has 1 aromatic carbocycles. The molecule has 0 fully saturated rings. The van der Waals surface area contributed by atoms with Gasteiger partial charge >= 0.3 is 5.97 Å². The van der Waals surface area contributed by atoms with Crippen molar-refractivity contribution in [2.24, 2.45) is 0 Å². The molecule has 0 unspecified atom stereocenters. The first-order valence-corrected chi connectivity index (χ1v) is 6.36. The molecule has 0 spiro atoms. The molecule has 0 aliphatic carbocycles. The highest BCUT2D eigenvalue weighted by Crippen LogP contribution is 2.18. The molecule has 20 heavy (non-hydrogen) atoms. The molecule has 0 saturated heterocycles. The number of aromatic nitrogens is 2. The Bertz CT molecular complexity index is 729. The molecule has 5 heteroatoms. The molecule has 0 aliphatic rings. The molecule has 1 N–H and O–H groups in total. The second-order valence-corrected chi connectivity index (χ2v) is 4.46. The number of rotatable bonds is 4. The Morgan fingerprint density at radius 2 is 2.20 bits per heavy atom. The van der Waals surface area contributed by atoms with Crippen LogP contribution in [-0.2, 0) is 17.6 Å². The smallest absolute Gasteiger partial charge is 0.340 e. The zero-order chi connectivity index (χ0) is 13.9. The van der Waals surface area contributed by atoms with Gasteiger partial charge in [0.05, 0.1) is 24.5 Å². The van der Waals surface area contributed by atoms with Crippen molar-refractivity contribution in [2.45, 2.75) is 12.8 Å². The minimum atomic E-state index is -0.375. The maximum Gasteiger partial charge on any atom is 0.340 e. The van der Waals surface area contributed by atoms with E-state index >= 15 is 0 Å². The number of carbonyl (C=O) groups is 1. The molecule has 0 bridgehead atoms. The number of nitrogens with one attached hydrogen (secondary N) is 1. The number of ether oxygens (including phenoxy) is 1. The van der Waals surface area contributed by atoms with Crippen molar-refractivity contribution in [3.8, 4) is 0 Å². The summed E-state index contributed by atoms with van der Waals surface area (Å²) in [5.74, 6) is 1.37. The van der Waals surface area contributed by atoms with Crippen molar-refractivity contribution in [1.29, 1.82) is 0 Å². The van der Waals surface area contributed by atoms with Crippen LogP contribution in [0.3, 0.4) is 0 Å². The van der Waals surface area contributed by atoms with Gasteiger partial charge in [0.15, 0.2) is 0 Å². The van der Waals surface area contributed by atoms with Gasteiger partial charge in [0.1, 0.15) is 17.1 Å². The number of para-hydroxylation sites is 1. The average molecular weight is 270 g/mol. The number of hydrogen-bond donors (Lipinski definition) is 1. The van der Waals surface area contributed by atoms with Crippen LogP contribution in [0.25, 0.3) is 11.0 Å². The molecular weight excluding hydrogens is 256 g/mol. The van der Waals surface area contributed by atoms with E-state index < -0.39 is 0 Å². The summed E-state index contributed by atoms with van der Waals surface area (Å²) in [7, 11) is 1.37. The van der Waals surface area contributed by atoms with Crippen LogP contribution in [0.4, 0.5) is 0 Å². The third-order valence-electron chi connectivity index (χ3n) is 3.16. The quantitative estimate of drug-likeness (QED) is 0.740. The van der Waals surface area contributed by atoms with Gasteiger partial charge in [0.25, 0.3) is 0 Å². The molecule has 2 heterocycles. The summed E-state index contributed by atoms with van der Waals surface area (Å²) in [5, 5.41) is 0. The summed E-state index contributed by atoms with van der Waals surface area (Å²) < 4.78 is 10.1. The van der Waals surface area contributed by atoms with Gasteiger partial charge in [-0.05, 0) is 24.3 Å². The van der Waals surface area contributed by atoms with Gasteiger partial charge < -0.3 is 14.1 Å². The van der Waals surface area contributed by atoms with E-state index in [-0.39, 0.29) is 5.97 Å². The topological polar surface area (TPSA) is 68.1 Å². The van der Waals surface area contributed by atoms with E-state index in [0.717, 1.165) is 29.9 Å². The maximum absolute atomic E-state index is 11.7. The maximum atomic E-state index is 11.7. The molecule has 3 aromatic rings. The van der Waals surface area contributed by atoms with E-state index in [0.29, 0.717) is 11.1 Å². The standard InChI is InChI=1S/C15H14N2O3/c1-19-15(18)11-5-2-6-12-14(11)17-13(16-12)8-7-10-4-3-9-20-10/h2-6,9H,7-8H2,1H3,(H,16,17). The largest absolute Gasteiger partial charge is 0.469 e. The lowest BCUT2D eigenvalue weighted by Crippen LogP contribution is -2.01. The third kappa shape index (κ3) is 2.30. The molecule has 2 aromatic heterocycles. The number of fused-ring (bicyclic) bond motifs is 1. The lowest BCUT2D eigenvalue weighted by molar-refractivity contribution is 0.0603. The zero-order valence-corrected chi connectivity index (χ0v) is 11.1. The van der Waals surface area contributed by atoms with Gasteiger partial charge in [-0.1, -0.05) is 6.07 Å². The van der Waals surface area contributed by atoms with Gasteiger partial charge in [-0.25, -0.2) is 9.78 Å². The van der Waals surface area contributed by atoms with Crippen LogP contribution in [0.15, 0.2) is 41.0 Å². The minimum absolute atomic E-state index is 0.375. The molecule has 0 saturated carbocycles. The number of nitrogens with zero attached hydrogens (tertiary/aromatic N) is 1. The lowest BCUT2D eigenvalue weighted by atomic mass is 10.2. The Balaban J connectivity index is 1.88. The van der Waals surface area contributed by atoms with Crippen LogP contribution in [0.2, 0.25) is 0 Å². The van der Waals surface area contributed by atoms with Gasteiger partial charge in [-0.3, -0.25) is 0 Å². The number of methoxy groups -OCH3 is 1. The summed E-state index contributed by atoms with van der Waals surface area (Å²) in [6.07, 6.45) is 3.15. The summed E-state index contributed by atoms with van der Waals surface area (Å²) in [6.45, 7) is 0. The predicted molar refractivity (Wildman–Crippen MR) is 73.5 cm³/mol. The second kappa shape index (κ2) is 5.21. The number of aromatic amines is 1. The van der Waals surface area contributed by atoms with Crippen LogP contribution in [0, 0.1) is 0 Å². The van der Waals surface area contributed by atoms with Crippen molar-refractivity contribution in [3.05, 3.63) is 53.7 Å². The van der Waals surface area contributed by atoms with Crippen LogP contribution < -0.4 is 0 Å². The minimum Gasteiger partial charge on any atom is -0.469 e. The second-order valence-electron chi connectivity index (χ2n) is 4.46. The first-order chi connectivity index (χ1) is 9.78. The number of hydrogen-bond acceptors (Lipinski definition) is 4. The van der Waals surface area contributed by atoms with E-state index in [9.17, 15) is 4.79 Å². The number of aryl methyl sites for hydroxylation is 2. The normalized spacial score (nSPS) is 10.8. The van der Waals surface area contributed by atoms with Gasteiger partial charge in [-0.15, -0.1) is 0 Å². The molecule has 5 nitrogen and oxygen atoms in total. The molecule has 102 valence electrons. The lowest BCUT2D eigenvalue weighted by Gasteiger charge is -1.98. The molecule has 0 atom stereocenters. The number of benzene rings is 1. The molecule has 3 rings (SSSR count). The predicted octanol–water partition coefficient (Wildman–Crippen LogP) is 2.73. The van der Waals surface area contributed by atoms with E-state index in [1.54, 1.807) is 12.3 Å². The fourth-order valence-corrected chi connectivity index (χ4v) is 2.17. The Labute approximate surface area is 115 Å². The van der Waals surface area contributed by atoms with E-state index in [4.69, 9.17) is 9.15 Å². The Hall–Kier alpha value is -2.56. The van der Waals surface area contributed by atoms with E-state index in [1.165, 1.54) is 7.11 Å². The van der Waals surface area contributed by atoms with Gasteiger partial charge in [0, 0.05) is 12.8 Å². The van der Waals surface area contributed by atoms with Crippen LogP contribution >= 0.6 is 0 Å². The van der Waals surface area contributed by atoms with Crippen molar-refractivity contribution in [1.82, 2.24) is 9.97 Å². The monoisotopic (exact) mass is 270 g/mol. The molecule has 0 amide bonds. The Morgan fingerprint density at radius 1 is 1.30 bits per heavy atom. The highest BCUT2D eigenvalue weighted by atomic mass is 16.5. The van der Waals surface area contributed by atoms with Crippen molar-refractivity contribution < 1.29 is 13.9 Å². The first kappa shape index (κ1) is 12.5. The fraction of sp³-hybridized carbons (Fsp3) is 0.200. The van der Waals surface area contributed by atoms with Gasteiger partial charge in [0.2, 0.25) is 0 Å². The molecule has 0 radical (unpaired) electrons. The number of H-pyrrole nitrogens is 1. The SMILES string of the molecule is COC(=O)c1cccc2[nH]c(CCc3ccco3)nc12. The van der Waals surface area contributed by atoms with Gasteiger partial charge in [-0.2, -0.15) is 0 Å². The van der Waals surface area contributed by atoms with Crippen LogP contribution in [0.1, 0.15) is 21.9 Å². The van der Waals surface area contributed by atoms with Crippen LogP contribution in [-0.4, -0.2) is 23.0 Å². The van der Waals surface area contributed by atoms with Crippen molar-refractivity contribution >= 4 is 17.0 Å². The van der Waals surface area contributed by atoms with Crippen molar-refractivity contribution in [3.63, 3.8) is 0 Å². The number of furan rings is 1. The van der Waals surface area contributed by atoms with E-state index in [1.807, 2.05) is 24.3 Å². The van der Waals surface area contributed by atoms with Crippen LogP contribution in [0.5, 0.6) is 0 Å². The van der Waals surface area contributed by atoms with Crippen molar-refractivity contribution in [2.75, 3.05) is 7.11 Å². The highest BCUT2D eigenvalue weighted by Gasteiger charge is 2.13. The summed E-state index contributed by atoms with van der Waals surface area (Å²) in [6, 6.07) is 9.21. The first-order valence-electron chi connectivity index (χ1n) is 6.36. The third-order valence-corrected chi connectivity index (χ3v) is 3.16.